The smallest absolute Gasteiger partial charge is 0.129 e. The van der Waals surface area contributed by atoms with Gasteiger partial charge < -0.3 is 10.5 Å². The van der Waals surface area contributed by atoms with E-state index in [9.17, 15) is 0 Å². The largest absolute Gasteiger partial charge is 0.490 e. The molecular weight excluding hydrogens is 306 g/mol. The molecule has 1 aliphatic carbocycles. The van der Waals surface area contributed by atoms with Crippen LogP contribution in [0.4, 0.5) is 5.82 Å². The molecule has 100 valence electrons. The third kappa shape index (κ3) is 2.34. The highest BCUT2D eigenvalue weighted by Gasteiger charge is 2.21. The highest BCUT2D eigenvalue weighted by Crippen LogP contribution is 2.37. The molecule has 0 amide bonds. The zero-order valence-corrected chi connectivity index (χ0v) is 12.4. The minimum absolute atomic E-state index is 0.345. The van der Waals surface area contributed by atoms with Gasteiger partial charge in [0.05, 0.1) is 12.3 Å². The molecule has 1 heterocycles. The SMILES string of the molecule is Cn1ncc(-c2cc(Br)ccc2OC2CCC2)c1N. The second-order valence-electron chi connectivity index (χ2n) is 4.88. The van der Waals surface area contributed by atoms with Gasteiger partial charge in [-0.2, -0.15) is 5.10 Å². The highest BCUT2D eigenvalue weighted by atomic mass is 79.9. The van der Waals surface area contributed by atoms with E-state index >= 15 is 0 Å². The Bertz CT molecular complexity index is 605. The van der Waals surface area contributed by atoms with Gasteiger partial charge in [0.25, 0.3) is 0 Å². The molecule has 0 saturated heterocycles. The number of aryl methyl sites for hydroxylation is 1. The summed E-state index contributed by atoms with van der Waals surface area (Å²) in [5, 5.41) is 4.20. The molecule has 0 unspecified atom stereocenters. The summed E-state index contributed by atoms with van der Waals surface area (Å²) in [7, 11) is 1.84. The van der Waals surface area contributed by atoms with Crippen molar-refractivity contribution in [1.29, 1.82) is 0 Å². The number of hydrogen-bond acceptors (Lipinski definition) is 3. The average molecular weight is 322 g/mol. The van der Waals surface area contributed by atoms with E-state index in [4.69, 9.17) is 10.5 Å². The third-order valence-corrected chi connectivity index (χ3v) is 4.06. The maximum atomic E-state index is 6.06. The molecule has 2 aromatic rings. The van der Waals surface area contributed by atoms with Crippen LogP contribution in [0, 0.1) is 0 Å². The van der Waals surface area contributed by atoms with Gasteiger partial charge in [0, 0.05) is 22.6 Å². The van der Waals surface area contributed by atoms with E-state index in [0.29, 0.717) is 11.9 Å². The number of hydrogen-bond donors (Lipinski definition) is 1. The first-order valence-electron chi connectivity index (χ1n) is 6.39. The Hall–Kier alpha value is -1.49. The van der Waals surface area contributed by atoms with E-state index in [2.05, 4.69) is 21.0 Å². The van der Waals surface area contributed by atoms with Crippen molar-refractivity contribution in [2.45, 2.75) is 25.4 Å². The van der Waals surface area contributed by atoms with Gasteiger partial charge >= 0.3 is 0 Å². The molecular formula is C14H16BrN3O. The molecule has 3 rings (SSSR count). The second-order valence-corrected chi connectivity index (χ2v) is 5.79. The molecule has 1 fully saturated rings. The van der Waals surface area contributed by atoms with Crippen LogP contribution in [-0.2, 0) is 7.05 Å². The van der Waals surface area contributed by atoms with Gasteiger partial charge in [-0.05, 0) is 37.5 Å². The van der Waals surface area contributed by atoms with E-state index in [1.54, 1.807) is 10.9 Å². The van der Waals surface area contributed by atoms with Crippen molar-refractivity contribution in [3.63, 3.8) is 0 Å². The number of ether oxygens (including phenoxy) is 1. The molecule has 4 nitrogen and oxygen atoms in total. The fourth-order valence-corrected chi connectivity index (χ4v) is 2.50. The van der Waals surface area contributed by atoms with Gasteiger partial charge in [-0.3, -0.25) is 4.68 Å². The topological polar surface area (TPSA) is 53.1 Å². The number of rotatable bonds is 3. The van der Waals surface area contributed by atoms with Crippen LogP contribution >= 0.6 is 15.9 Å². The van der Waals surface area contributed by atoms with Gasteiger partial charge in [-0.25, -0.2) is 0 Å². The van der Waals surface area contributed by atoms with Gasteiger partial charge in [0.1, 0.15) is 11.6 Å². The zero-order chi connectivity index (χ0) is 13.4. The summed E-state index contributed by atoms with van der Waals surface area (Å²) in [6, 6.07) is 6.01. The first-order chi connectivity index (χ1) is 9.15. The van der Waals surface area contributed by atoms with Crippen LogP contribution < -0.4 is 10.5 Å². The van der Waals surface area contributed by atoms with Crippen molar-refractivity contribution in [2.75, 3.05) is 5.73 Å². The lowest BCUT2D eigenvalue weighted by Crippen LogP contribution is -2.24. The minimum Gasteiger partial charge on any atom is -0.490 e. The fraction of sp³-hybridized carbons (Fsp3) is 0.357. The van der Waals surface area contributed by atoms with E-state index < -0.39 is 0 Å². The Labute approximate surface area is 120 Å². The van der Waals surface area contributed by atoms with Crippen LogP contribution in [0.2, 0.25) is 0 Å². The normalized spacial score (nSPS) is 15.3. The molecule has 0 spiro atoms. The van der Waals surface area contributed by atoms with Gasteiger partial charge in [0.2, 0.25) is 0 Å². The Morgan fingerprint density at radius 1 is 1.37 bits per heavy atom. The standard InChI is InChI=1S/C14H16BrN3O/c1-18-14(16)12(8-17-18)11-7-9(15)5-6-13(11)19-10-3-2-4-10/h5-8,10H,2-4,16H2,1H3. The monoisotopic (exact) mass is 321 g/mol. The highest BCUT2D eigenvalue weighted by molar-refractivity contribution is 9.10. The molecule has 0 radical (unpaired) electrons. The Kier molecular flexibility index (Phi) is 3.22. The summed E-state index contributed by atoms with van der Waals surface area (Å²) in [6.45, 7) is 0. The van der Waals surface area contributed by atoms with Crippen LogP contribution in [0.5, 0.6) is 5.75 Å². The lowest BCUT2D eigenvalue weighted by atomic mass is 9.96. The summed E-state index contributed by atoms with van der Waals surface area (Å²) in [5.41, 5.74) is 7.97. The van der Waals surface area contributed by atoms with Crippen molar-refractivity contribution in [1.82, 2.24) is 9.78 Å². The lowest BCUT2D eigenvalue weighted by molar-refractivity contribution is 0.121. The quantitative estimate of drug-likeness (QED) is 0.943. The van der Waals surface area contributed by atoms with Crippen LogP contribution in [0.1, 0.15) is 19.3 Å². The first-order valence-corrected chi connectivity index (χ1v) is 7.18. The van der Waals surface area contributed by atoms with Crippen molar-refractivity contribution in [2.24, 2.45) is 7.05 Å². The number of nitrogen functional groups attached to an aromatic ring is 1. The third-order valence-electron chi connectivity index (χ3n) is 3.56. The lowest BCUT2D eigenvalue weighted by Gasteiger charge is -2.27. The van der Waals surface area contributed by atoms with E-state index in [1.807, 2.05) is 25.2 Å². The van der Waals surface area contributed by atoms with Crippen LogP contribution in [0.25, 0.3) is 11.1 Å². The summed E-state index contributed by atoms with van der Waals surface area (Å²) in [5.74, 6) is 1.53. The van der Waals surface area contributed by atoms with Gasteiger partial charge in [0.15, 0.2) is 0 Å². The maximum Gasteiger partial charge on any atom is 0.129 e. The number of benzene rings is 1. The summed E-state index contributed by atoms with van der Waals surface area (Å²) in [6.07, 6.45) is 5.66. The molecule has 0 aliphatic heterocycles. The van der Waals surface area contributed by atoms with Gasteiger partial charge in [-0.15, -0.1) is 0 Å². The van der Waals surface area contributed by atoms with Crippen molar-refractivity contribution < 1.29 is 4.74 Å². The summed E-state index contributed by atoms with van der Waals surface area (Å²) >= 11 is 3.50. The predicted molar refractivity (Wildman–Crippen MR) is 79.0 cm³/mol. The second kappa shape index (κ2) is 4.89. The maximum absolute atomic E-state index is 6.06. The molecule has 0 bridgehead atoms. The molecule has 19 heavy (non-hydrogen) atoms. The summed E-state index contributed by atoms with van der Waals surface area (Å²) in [4.78, 5) is 0. The first kappa shape index (κ1) is 12.5. The van der Waals surface area contributed by atoms with Gasteiger partial charge in [-0.1, -0.05) is 15.9 Å². The number of nitrogens with two attached hydrogens (primary N) is 1. The molecule has 0 atom stereocenters. The van der Waals surface area contributed by atoms with Crippen LogP contribution in [0.15, 0.2) is 28.9 Å². The minimum atomic E-state index is 0.345. The molecule has 1 aromatic carbocycles. The summed E-state index contributed by atoms with van der Waals surface area (Å²) < 4.78 is 8.72. The van der Waals surface area contributed by atoms with Crippen LogP contribution in [-0.4, -0.2) is 15.9 Å². The number of nitrogens with zero attached hydrogens (tertiary/aromatic N) is 2. The number of halogens is 1. The number of aromatic nitrogens is 2. The molecule has 2 N–H and O–H groups in total. The Morgan fingerprint density at radius 2 is 2.16 bits per heavy atom. The Morgan fingerprint density at radius 3 is 2.74 bits per heavy atom. The van der Waals surface area contributed by atoms with E-state index in [1.165, 1.54) is 6.42 Å². The molecule has 5 heteroatoms. The van der Waals surface area contributed by atoms with Crippen molar-refractivity contribution in [3.8, 4) is 16.9 Å². The van der Waals surface area contributed by atoms with Crippen LogP contribution in [0.3, 0.4) is 0 Å². The molecule has 1 aliphatic rings. The average Bonchev–Trinajstić information content (AvgIpc) is 2.66. The molecule has 1 aromatic heterocycles. The van der Waals surface area contributed by atoms with E-state index in [-0.39, 0.29) is 0 Å². The van der Waals surface area contributed by atoms with Crippen molar-refractivity contribution >= 4 is 21.7 Å². The number of anilines is 1. The van der Waals surface area contributed by atoms with E-state index in [0.717, 1.165) is 34.2 Å². The van der Waals surface area contributed by atoms with Crippen molar-refractivity contribution in [3.05, 3.63) is 28.9 Å². The Balaban J connectivity index is 2.02. The predicted octanol–water partition coefficient (Wildman–Crippen LogP) is 3.36. The zero-order valence-electron chi connectivity index (χ0n) is 10.8. The molecule has 1 saturated carbocycles. The fourth-order valence-electron chi connectivity index (χ4n) is 2.14.